The van der Waals surface area contributed by atoms with Crippen LogP contribution in [0.1, 0.15) is 24.2 Å². The van der Waals surface area contributed by atoms with E-state index < -0.39 is 17.9 Å². The minimum atomic E-state index is -4.80. The number of ether oxygens (including phenoxy) is 1. The molecule has 6 heteroatoms. The Morgan fingerprint density at radius 1 is 1.33 bits per heavy atom. The zero-order valence-corrected chi connectivity index (χ0v) is 10.4. The van der Waals surface area contributed by atoms with Crippen LogP contribution >= 0.6 is 11.6 Å². The van der Waals surface area contributed by atoms with Crippen molar-refractivity contribution in [2.45, 2.75) is 20.2 Å². The van der Waals surface area contributed by atoms with E-state index in [0.717, 1.165) is 17.7 Å². The van der Waals surface area contributed by atoms with E-state index in [1.54, 1.807) is 13.8 Å². The van der Waals surface area contributed by atoms with E-state index in [2.05, 4.69) is 4.74 Å². The summed E-state index contributed by atoms with van der Waals surface area (Å²) in [5, 5.41) is 0.0759. The number of halogens is 4. The topological polar surface area (TPSA) is 26.3 Å². The monoisotopic (exact) mass is 278 g/mol. The van der Waals surface area contributed by atoms with E-state index in [-0.39, 0.29) is 10.6 Å². The molecule has 0 aromatic heterocycles. The molecule has 0 spiro atoms. The second kappa shape index (κ2) is 5.44. The zero-order valence-electron chi connectivity index (χ0n) is 9.64. The Kier molecular flexibility index (Phi) is 4.40. The summed E-state index contributed by atoms with van der Waals surface area (Å²) in [6.07, 6.45) is -3.51. The van der Waals surface area contributed by atoms with Gasteiger partial charge < -0.3 is 4.74 Å². The van der Waals surface area contributed by atoms with E-state index in [4.69, 9.17) is 11.6 Å². The van der Waals surface area contributed by atoms with Gasteiger partial charge in [0.05, 0.1) is 5.02 Å². The van der Waals surface area contributed by atoms with E-state index in [1.807, 2.05) is 0 Å². The fourth-order valence-corrected chi connectivity index (χ4v) is 1.44. The Bertz CT molecular complexity index is 489. The SMILES string of the molecule is CC(C)=CC(=O)c1cc(OC(F)(F)F)ccc1Cl. The lowest BCUT2D eigenvalue weighted by atomic mass is 10.1. The average molecular weight is 279 g/mol. The average Bonchev–Trinajstić information content (AvgIpc) is 2.17. The molecule has 0 amide bonds. The smallest absolute Gasteiger partial charge is 0.406 e. The molecular weight excluding hydrogens is 269 g/mol. The van der Waals surface area contributed by atoms with Crippen molar-refractivity contribution in [2.24, 2.45) is 0 Å². The normalized spacial score (nSPS) is 11.0. The summed E-state index contributed by atoms with van der Waals surface area (Å²) in [7, 11) is 0. The molecule has 0 aliphatic heterocycles. The first-order chi connectivity index (χ1) is 8.19. The van der Waals surface area contributed by atoms with Gasteiger partial charge in [-0.25, -0.2) is 0 Å². The van der Waals surface area contributed by atoms with Gasteiger partial charge in [0.15, 0.2) is 5.78 Å². The maximum Gasteiger partial charge on any atom is 0.573 e. The van der Waals surface area contributed by atoms with E-state index in [9.17, 15) is 18.0 Å². The highest BCUT2D eigenvalue weighted by atomic mass is 35.5. The van der Waals surface area contributed by atoms with Gasteiger partial charge >= 0.3 is 6.36 Å². The third kappa shape index (κ3) is 4.41. The lowest BCUT2D eigenvalue weighted by molar-refractivity contribution is -0.274. The fourth-order valence-electron chi connectivity index (χ4n) is 1.23. The highest BCUT2D eigenvalue weighted by Crippen LogP contribution is 2.27. The number of benzene rings is 1. The highest BCUT2D eigenvalue weighted by Gasteiger charge is 2.31. The van der Waals surface area contributed by atoms with Crippen molar-refractivity contribution in [2.75, 3.05) is 0 Å². The predicted molar refractivity (Wildman–Crippen MR) is 61.9 cm³/mol. The van der Waals surface area contributed by atoms with Gasteiger partial charge in [0.2, 0.25) is 0 Å². The summed E-state index contributed by atoms with van der Waals surface area (Å²) in [6.45, 7) is 3.39. The molecule has 0 aliphatic rings. The molecular formula is C12H10ClF3O2. The maximum atomic E-state index is 12.0. The van der Waals surface area contributed by atoms with Gasteiger partial charge in [-0.05, 0) is 38.1 Å². The number of allylic oxidation sites excluding steroid dienone is 2. The quantitative estimate of drug-likeness (QED) is 0.605. The van der Waals surface area contributed by atoms with Crippen molar-refractivity contribution in [1.29, 1.82) is 0 Å². The molecule has 0 unspecified atom stereocenters. The Balaban J connectivity index is 3.09. The molecule has 0 fully saturated rings. The maximum absolute atomic E-state index is 12.0. The standard InChI is InChI=1S/C12H10ClF3O2/c1-7(2)5-11(17)9-6-8(3-4-10(9)13)18-12(14,15)16/h3-6H,1-2H3. The lowest BCUT2D eigenvalue weighted by Crippen LogP contribution is -2.17. The molecule has 0 heterocycles. The minimum absolute atomic E-state index is 0.0281. The van der Waals surface area contributed by atoms with Crippen LogP contribution in [0.4, 0.5) is 13.2 Å². The van der Waals surface area contributed by atoms with E-state index in [1.165, 1.54) is 12.1 Å². The van der Waals surface area contributed by atoms with Crippen LogP contribution in [-0.4, -0.2) is 12.1 Å². The second-order valence-corrected chi connectivity index (χ2v) is 4.18. The summed E-state index contributed by atoms with van der Waals surface area (Å²) < 4.78 is 39.8. The van der Waals surface area contributed by atoms with Crippen LogP contribution in [-0.2, 0) is 0 Å². The molecule has 0 saturated carbocycles. The molecule has 0 N–H and O–H groups in total. The van der Waals surface area contributed by atoms with Gasteiger partial charge in [0.25, 0.3) is 0 Å². The van der Waals surface area contributed by atoms with Crippen LogP contribution in [0.25, 0.3) is 0 Å². The van der Waals surface area contributed by atoms with Crippen molar-refractivity contribution >= 4 is 17.4 Å². The summed E-state index contributed by atoms with van der Waals surface area (Å²) in [5.41, 5.74) is 0.692. The van der Waals surface area contributed by atoms with Gasteiger partial charge in [0, 0.05) is 5.56 Å². The Labute approximate surface area is 107 Å². The van der Waals surface area contributed by atoms with Crippen LogP contribution < -0.4 is 4.74 Å². The Morgan fingerprint density at radius 3 is 2.44 bits per heavy atom. The largest absolute Gasteiger partial charge is 0.573 e. The zero-order chi connectivity index (χ0) is 13.9. The summed E-state index contributed by atoms with van der Waals surface area (Å²) in [6, 6.07) is 3.21. The summed E-state index contributed by atoms with van der Waals surface area (Å²) in [5.74, 6) is -0.940. The van der Waals surface area contributed by atoms with E-state index >= 15 is 0 Å². The molecule has 2 nitrogen and oxygen atoms in total. The van der Waals surface area contributed by atoms with Gasteiger partial charge in [-0.1, -0.05) is 17.2 Å². The van der Waals surface area contributed by atoms with Gasteiger partial charge in [-0.3, -0.25) is 4.79 Å². The van der Waals surface area contributed by atoms with Crippen LogP contribution in [0, 0.1) is 0 Å². The third-order valence-corrected chi connectivity index (χ3v) is 2.19. The third-order valence-electron chi connectivity index (χ3n) is 1.86. The first-order valence-electron chi connectivity index (χ1n) is 4.93. The summed E-state index contributed by atoms with van der Waals surface area (Å²) >= 11 is 5.76. The van der Waals surface area contributed by atoms with Gasteiger partial charge in [-0.2, -0.15) is 0 Å². The van der Waals surface area contributed by atoms with Crippen molar-refractivity contribution in [1.82, 2.24) is 0 Å². The number of carbonyl (C=O) groups excluding carboxylic acids is 1. The Hall–Kier alpha value is -1.49. The number of ketones is 1. The van der Waals surface area contributed by atoms with Crippen molar-refractivity contribution in [3.63, 3.8) is 0 Å². The number of rotatable bonds is 3. The first-order valence-corrected chi connectivity index (χ1v) is 5.31. The minimum Gasteiger partial charge on any atom is -0.406 e. The van der Waals surface area contributed by atoms with Gasteiger partial charge in [-0.15, -0.1) is 13.2 Å². The molecule has 0 saturated heterocycles. The van der Waals surface area contributed by atoms with Gasteiger partial charge in [0.1, 0.15) is 5.75 Å². The van der Waals surface area contributed by atoms with Crippen molar-refractivity contribution < 1.29 is 22.7 Å². The van der Waals surface area contributed by atoms with Crippen LogP contribution in [0.3, 0.4) is 0 Å². The van der Waals surface area contributed by atoms with E-state index in [0.29, 0.717) is 0 Å². The summed E-state index contributed by atoms with van der Waals surface area (Å²) in [4.78, 5) is 11.7. The second-order valence-electron chi connectivity index (χ2n) is 3.78. The van der Waals surface area contributed by atoms with Crippen LogP contribution in [0.2, 0.25) is 5.02 Å². The van der Waals surface area contributed by atoms with Crippen molar-refractivity contribution in [3.05, 3.63) is 40.4 Å². The fraction of sp³-hybridized carbons (Fsp3) is 0.250. The van der Waals surface area contributed by atoms with Crippen LogP contribution in [0.5, 0.6) is 5.75 Å². The number of alkyl halides is 3. The molecule has 1 rings (SSSR count). The molecule has 1 aromatic carbocycles. The molecule has 0 bridgehead atoms. The molecule has 0 radical (unpaired) electrons. The van der Waals surface area contributed by atoms with Crippen LogP contribution in [0.15, 0.2) is 29.8 Å². The molecule has 1 aromatic rings. The first kappa shape index (κ1) is 14.6. The predicted octanol–water partition coefficient (Wildman–Crippen LogP) is 4.39. The molecule has 0 aliphatic carbocycles. The highest BCUT2D eigenvalue weighted by molar-refractivity contribution is 6.34. The van der Waals surface area contributed by atoms with Crippen molar-refractivity contribution in [3.8, 4) is 5.75 Å². The number of hydrogen-bond acceptors (Lipinski definition) is 2. The Morgan fingerprint density at radius 2 is 1.94 bits per heavy atom. The number of hydrogen-bond donors (Lipinski definition) is 0. The molecule has 98 valence electrons. The molecule has 18 heavy (non-hydrogen) atoms. The number of carbonyl (C=O) groups is 1. The molecule has 0 atom stereocenters. The lowest BCUT2D eigenvalue weighted by Gasteiger charge is -2.10.